The summed E-state index contributed by atoms with van der Waals surface area (Å²) in [7, 11) is 0. The molecule has 2 aromatic rings. The van der Waals surface area contributed by atoms with E-state index in [-0.39, 0.29) is 18.0 Å². The molecular formula is C20H22FN3O3. The normalized spacial score (nSPS) is 10.2. The molecule has 0 atom stereocenters. The van der Waals surface area contributed by atoms with Gasteiger partial charge >= 0.3 is 11.8 Å². The Bertz CT molecular complexity index is 835. The van der Waals surface area contributed by atoms with Gasteiger partial charge in [0.05, 0.1) is 0 Å². The van der Waals surface area contributed by atoms with E-state index in [1.165, 1.54) is 18.2 Å². The van der Waals surface area contributed by atoms with Crippen molar-refractivity contribution in [2.24, 2.45) is 0 Å². The van der Waals surface area contributed by atoms with Crippen molar-refractivity contribution in [2.45, 2.75) is 20.4 Å². The lowest BCUT2D eigenvalue weighted by Crippen LogP contribution is -2.35. The fraction of sp³-hybridized carbons (Fsp3) is 0.250. The number of amides is 3. The molecule has 0 radical (unpaired) electrons. The maximum absolute atomic E-state index is 13.5. The molecule has 142 valence electrons. The van der Waals surface area contributed by atoms with Crippen LogP contribution in [0.4, 0.5) is 10.1 Å². The Morgan fingerprint density at radius 2 is 1.67 bits per heavy atom. The third-order valence-corrected chi connectivity index (χ3v) is 4.02. The molecule has 0 spiro atoms. The Balaban J connectivity index is 1.99. The zero-order chi connectivity index (χ0) is 19.8. The first-order valence-corrected chi connectivity index (χ1v) is 8.68. The Labute approximate surface area is 157 Å². The largest absolute Gasteiger partial charge is 0.344 e. The predicted molar refractivity (Wildman–Crippen MR) is 101 cm³/mol. The van der Waals surface area contributed by atoms with Gasteiger partial charge in [-0.1, -0.05) is 24.3 Å². The van der Waals surface area contributed by atoms with Gasteiger partial charge in [-0.2, -0.15) is 0 Å². The molecule has 3 amide bonds. The highest BCUT2D eigenvalue weighted by molar-refractivity contribution is 6.39. The molecule has 0 bridgehead atoms. The van der Waals surface area contributed by atoms with E-state index in [9.17, 15) is 18.8 Å². The zero-order valence-corrected chi connectivity index (χ0v) is 15.3. The molecular weight excluding hydrogens is 349 g/mol. The van der Waals surface area contributed by atoms with Crippen molar-refractivity contribution in [1.29, 1.82) is 0 Å². The first-order chi connectivity index (χ1) is 13.0. The van der Waals surface area contributed by atoms with Crippen molar-refractivity contribution in [1.82, 2.24) is 10.2 Å². The highest BCUT2D eigenvalue weighted by Gasteiger charge is 2.16. The molecule has 27 heavy (non-hydrogen) atoms. The lowest BCUT2D eigenvalue weighted by atomic mass is 10.1. The van der Waals surface area contributed by atoms with Gasteiger partial charge in [0, 0.05) is 36.4 Å². The number of anilines is 1. The van der Waals surface area contributed by atoms with Crippen molar-refractivity contribution in [3.8, 4) is 0 Å². The Hall–Kier alpha value is -3.22. The standard InChI is InChI=1S/C20H22FN3O3/c1-3-24(4-2)20(27)14-9-7-10-16(12-14)23-19(26)18(25)22-13-15-8-5-6-11-17(15)21/h5-12H,3-4,13H2,1-2H3,(H,22,25)(H,23,26). The molecule has 0 aliphatic heterocycles. The maximum atomic E-state index is 13.5. The number of benzene rings is 2. The number of carbonyl (C=O) groups is 3. The van der Waals surface area contributed by atoms with Crippen LogP contribution in [0.5, 0.6) is 0 Å². The smallest absolute Gasteiger partial charge is 0.313 e. The van der Waals surface area contributed by atoms with Crippen LogP contribution in [0.1, 0.15) is 29.8 Å². The molecule has 0 heterocycles. The first-order valence-electron chi connectivity index (χ1n) is 8.68. The second kappa shape index (κ2) is 9.47. The van der Waals surface area contributed by atoms with Crippen molar-refractivity contribution in [3.63, 3.8) is 0 Å². The van der Waals surface area contributed by atoms with Crippen LogP contribution in [0.3, 0.4) is 0 Å². The van der Waals surface area contributed by atoms with E-state index < -0.39 is 17.6 Å². The van der Waals surface area contributed by atoms with E-state index in [0.29, 0.717) is 24.3 Å². The molecule has 0 saturated carbocycles. The van der Waals surface area contributed by atoms with Gasteiger partial charge in [-0.05, 0) is 38.1 Å². The van der Waals surface area contributed by atoms with Crippen LogP contribution in [0.2, 0.25) is 0 Å². The van der Waals surface area contributed by atoms with E-state index in [4.69, 9.17) is 0 Å². The number of hydrogen-bond donors (Lipinski definition) is 2. The van der Waals surface area contributed by atoms with Gasteiger partial charge in [0.2, 0.25) is 0 Å². The van der Waals surface area contributed by atoms with Gasteiger partial charge in [-0.15, -0.1) is 0 Å². The summed E-state index contributed by atoms with van der Waals surface area (Å²) in [6.45, 7) is 4.81. The van der Waals surface area contributed by atoms with E-state index in [0.717, 1.165) is 0 Å². The van der Waals surface area contributed by atoms with Gasteiger partial charge in [0.1, 0.15) is 5.82 Å². The zero-order valence-electron chi connectivity index (χ0n) is 15.3. The van der Waals surface area contributed by atoms with E-state index in [1.54, 1.807) is 35.2 Å². The molecule has 0 aromatic heterocycles. The Kier molecular flexibility index (Phi) is 7.05. The van der Waals surface area contributed by atoms with Crippen molar-refractivity contribution < 1.29 is 18.8 Å². The monoisotopic (exact) mass is 371 g/mol. The van der Waals surface area contributed by atoms with Crippen molar-refractivity contribution >= 4 is 23.4 Å². The van der Waals surface area contributed by atoms with Crippen LogP contribution in [-0.2, 0) is 16.1 Å². The lowest BCUT2D eigenvalue weighted by molar-refractivity contribution is -0.136. The summed E-state index contributed by atoms with van der Waals surface area (Å²) in [6, 6.07) is 12.4. The molecule has 0 aliphatic carbocycles. The second-order valence-electron chi connectivity index (χ2n) is 5.79. The molecule has 0 aliphatic rings. The number of carbonyl (C=O) groups excluding carboxylic acids is 3. The molecule has 2 aromatic carbocycles. The second-order valence-corrected chi connectivity index (χ2v) is 5.79. The van der Waals surface area contributed by atoms with Gasteiger partial charge in [0.15, 0.2) is 0 Å². The van der Waals surface area contributed by atoms with E-state index in [2.05, 4.69) is 10.6 Å². The summed E-state index contributed by atoms with van der Waals surface area (Å²) in [4.78, 5) is 38.0. The van der Waals surface area contributed by atoms with Crippen molar-refractivity contribution in [2.75, 3.05) is 18.4 Å². The Morgan fingerprint density at radius 1 is 0.963 bits per heavy atom. The molecule has 2 rings (SSSR count). The molecule has 7 heteroatoms. The SMILES string of the molecule is CCN(CC)C(=O)c1cccc(NC(=O)C(=O)NCc2ccccc2F)c1. The van der Waals surface area contributed by atoms with Crippen LogP contribution in [0.25, 0.3) is 0 Å². The number of rotatable bonds is 6. The number of nitrogens with one attached hydrogen (secondary N) is 2. The number of nitrogens with zero attached hydrogens (tertiary/aromatic N) is 1. The van der Waals surface area contributed by atoms with Crippen LogP contribution >= 0.6 is 0 Å². The summed E-state index contributed by atoms with van der Waals surface area (Å²) in [5.41, 5.74) is 1.03. The van der Waals surface area contributed by atoms with Crippen LogP contribution in [-0.4, -0.2) is 35.7 Å². The average molecular weight is 371 g/mol. The fourth-order valence-electron chi connectivity index (χ4n) is 2.51. The van der Waals surface area contributed by atoms with Gasteiger partial charge < -0.3 is 15.5 Å². The predicted octanol–water partition coefficient (Wildman–Crippen LogP) is 2.56. The molecule has 0 saturated heterocycles. The molecule has 0 fully saturated rings. The molecule has 6 nitrogen and oxygen atoms in total. The first kappa shape index (κ1) is 20.1. The van der Waals surface area contributed by atoms with Gasteiger partial charge in [-0.3, -0.25) is 14.4 Å². The minimum Gasteiger partial charge on any atom is -0.344 e. The quantitative estimate of drug-likeness (QED) is 0.766. The van der Waals surface area contributed by atoms with E-state index >= 15 is 0 Å². The Morgan fingerprint density at radius 3 is 2.33 bits per heavy atom. The van der Waals surface area contributed by atoms with Crippen LogP contribution in [0, 0.1) is 5.82 Å². The third kappa shape index (κ3) is 5.37. The minimum absolute atomic E-state index is 0.0978. The average Bonchev–Trinajstić information content (AvgIpc) is 2.68. The highest BCUT2D eigenvalue weighted by atomic mass is 19.1. The summed E-state index contributed by atoms with van der Waals surface area (Å²) in [5.74, 6) is -2.39. The van der Waals surface area contributed by atoms with E-state index in [1.807, 2.05) is 13.8 Å². The third-order valence-electron chi connectivity index (χ3n) is 4.02. The summed E-state index contributed by atoms with van der Waals surface area (Å²) >= 11 is 0. The lowest BCUT2D eigenvalue weighted by Gasteiger charge is -2.19. The minimum atomic E-state index is -0.890. The summed E-state index contributed by atoms with van der Waals surface area (Å²) < 4.78 is 13.5. The number of halogens is 1. The van der Waals surface area contributed by atoms with Crippen molar-refractivity contribution in [3.05, 3.63) is 65.5 Å². The topological polar surface area (TPSA) is 78.5 Å². The molecule has 2 N–H and O–H groups in total. The highest BCUT2D eigenvalue weighted by Crippen LogP contribution is 2.13. The summed E-state index contributed by atoms with van der Waals surface area (Å²) in [6.07, 6.45) is 0. The van der Waals surface area contributed by atoms with Gasteiger partial charge in [0.25, 0.3) is 5.91 Å². The van der Waals surface area contributed by atoms with Crippen LogP contribution < -0.4 is 10.6 Å². The summed E-state index contributed by atoms with van der Waals surface area (Å²) in [5, 5.41) is 4.81. The number of hydrogen-bond acceptors (Lipinski definition) is 3. The molecule has 0 unspecified atom stereocenters. The fourth-order valence-corrected chi connectivity index (χ4v) is 2.51. The maximum Gasteiger partial charge on any atom is 0.313 e. The van der Waals surface area contributed by atoms with Gasteiger partial charge in [-0.25, -0.2) is 4.39 Å². The van der Waals surface area contributed by atoms with Crippen LogP contribution in [0.15, 0.2) is 48.5 Å².